The van der Waals surface area contributed by atoms with Crippen LogP contribution in [0.3, 0.4) is 0 Å². The lowest BCUT2D eigenvalue weighted by Gasteiger charge is -2.34. The van der Waals surface area contributed by atoms with Crippen LogP contribution in [0.5, 0.6) is 0 Å². The molecule has 188 valence electrons. The summed E-state index contributed by atoms with van der Waals surface area (Å²) in [6, 6.07) is 0. The van der Waals surface area contributed by atoms with E-state index in [-0.39, 0.29) is 11.5 Å². The third-order valence-electron chi connectivity index (χ3n) is 5.04. The first kappa shape index (κ1) is 32.8. The highest BCUT2D eigenvalue weighted by Gasteiger charge is 2.49. The topological polar surface area (TPSA) is 66.0 Å². The Kier molecular flexibility index (Phi) is 17.2. The van der Waals surface area contributed by atoms with Crippen molar-refractivity contribution < 1.29 is 40.1 Å². The molecule has 31 heavy (non-hydrogen) atoms. The van der Waals surface area contributed by atoms with Gasteiger partial charge in [-0.1, -0.05) is 27.7 Å². The summed E-state index contributed by atoms with van der Waals surface area (Å²) >= 11 is 0. The lowest BCUT2D eigenvalue weighted by atomic mass is 10.3. The van der Waals surface area contributed by atoms with Gasteiger partial charge in [0.05, 0.1) is 25.7 Å². The zero-order valence-electron chi connectivity index (χ0n) is 20.2. The predicted molar refractivity (Wildman–Crippen MR) is 123 cm³/mol. The van der Waals surface area contributed by atoms with Gasteiger partial charge in [0.1, 0.15) is 5.67 Å². The minimum Gasteiger partial charge on any atom is -0.418 e. The molecule has 0 aliphatic rings. The first-order chi connectivity index (χ1) is 14.3. The van der Waals surface area contributed by atoms with Gasteiger partial charge in [-0.25, -0.2) is 4.79 Å². The van der Waals surface area contributed by atoms with Crippen LogP contribution in [0.1, 0.15) is 60.3 Å². The summed E-state index contributed by atoms with van der Waals surface area (Å²) < 4.78 is 61.4. The average Bonchev–Trinajstić information content (AvgIpc) is 2.67. The Morgan fingerprint density at radius 2 is 1.26 bits per heavy atom. The second-order valence-corrected chi connectivity index (χ2v) is 14.8. The zero-order chi connectivity index (χ0) is 24.7. The first-order valence-corrected chi connectivity index (χ1v) is 14.9. The molecule has 0 aromatic rings. The molecule has 0 saturated heterocycles. The summed E-state index contributed by atoms with van der Waals surface area (Å²) in [5.41, 5.74) is -0.335. The monoisotopic (exact) mass is 497 g/mol. The molecule has 0 aromatic carbocycles. The van der Waals surface area contributed by atoms with E-state index in [4.69, 9.17) is 18.0 Å². The van der Waals surface area contributed by atoms with Crippen molar-refractivity contribution in [1.29, 1.82) is 0 Å². The Morgan fingerprint density at radius 1 is 0.903 bits per heavy atom. The third kappa shape index (κ3) is 12.4. The number of hydrogen-bond acceptors (Lipinski definition) is 5. The van der Waals surface area contributed by atoms with E-state index in [0.29, 0.717) is 6.42 Å². The Labute approximate surface area is 186 Å². The van der Waals surface area contributed by atoms with Gasteiger partial charge in [0.2, 0.25) is 5.85 Å². The van der Waals surface area contributed by atoms with Gasteiger partial charge in [0, 0.05) is 28.3 Å². The maximum Gasteiger partial charge on any atom is 0.673 e. The van der Waals surface area contributed by atoms with Gasteiger partial charge in [-0.05, 0) is 25.7 Å². The molecule has 0 aromatic heterocycles. The molecule has 13 heteroatoms. The van der Waals surface area contributed by atoms with Crippen molar-refractivity contribution in [3.8, 4) is 0 Å². The average molecular weight is 497 g/mol. The van der Waals surface area contributed by atoms with E-state index in [0.717, 1.165) is 19.3 Å². The van der Waals surface area contributed by atoms with Crippen molar-refractivity contribution in [3.63, 3.8) is 0 Å². The number of amides is 1. The van der Waals surface area contributed by atoms with Crippen LogP contribution < -0.4 is 5.32 Å². The summed E-state index contributed by atoms with van der Waals surface area (Å²) in [5, 5.41) is 2.93. The van der Waals surface area contributed by atoms with E-state index in [2.05, 4.69) is 33.0 Å². The van der Waals surface area contributed by atoms with Gasteiger partial charge in [-0.2, -0.15) is 0 Å². The first-order valence-electron chi connectivity index (χ1n) is 10.7. The highest BCUT2D eigenvalue weighted by Crippen LogP contribution is 2.64. The quantitative estimate of drug-likeness (QED) is 0.187. The Morgan fingerprint density at radius 3 is 1.52 bits per heavy atom. The number of hydrogen-bond donors (Lipinski definition) is 1. The number of carbonyl (C=O) groups excluding carboxylic acids is 1. The molecular formula is C18H41BF4NO5PSi. The molecule has 1 amide bonds. The predicted octanol–water partition coefficient (Wildman–Crippen LogP) is 5.80. The summed E-state index contributed by atoms with van der Waals surface area (Å²) in [5.74, 6) is -0.0384. The summed E-state index contributed by atoms with van der Waals surface area (Å²) in [6.45, 7) is 10.7. The summed E-state index contributed by atoms with van der Waals surface area (Å²) in [6.07, 6.45) is 7.16. The second-order valence-electron chi connectivity index (χ2n) is 7.21. The molecule has 0 aliphatic carbocycles. The fourth-order valence-corrected chi connectivity index (χ4v) is 10.7. The van der Waals surface area contributed by atoms with E-state index < -0.39 is 29.4 Å². The molecule has 2 atom stereocenters. The maximum absolute atomic E-state index is 12.6. The van der Waals surface area contributed by atoms with Crippen LogP contribution in [-0.4, -0.2) is 73.5 Å². The Bertz CT molecular complexity index is 459. The van der Waals surface area contributed by atoms with Gasteiger partial charge in [-0.3, -0.25) is 0 Å². The molecule has 0 bridgehead atoms. The molecular weight excluding hydrogens is 456 g/mol. The highest BCUT2D eigenvalue weighted by molar-refractivity contribution is 7.76. The smallest absolute Gasteiger partial charge is 0.418 e. The highest BCUT2D eigenvalue weighted by atomic mass is 31.2. The van der Waals surface area contributed by atoms with Crippen LogP contribution in [0.15, 0.2) is 0 Å². The summed E-state index contributed by atoms with van der Waals surface area (Å²) in [4.78, 5) is 12.6. The van der Waals surface area contributed by atoms with Gasteiger partial charge < -0.3 is 40.6 Å². The molecule has 0 saturated carbocycles. The number of nitrogens with one attached hydrogen (secondary N) is 1. The number of alkyl carbamates (subject to hydrolysis) is 1. The van der Waals surface area contributed by atoms with Crippen molar-refractivity contribution in [2.45, 2.75) is 71.8 Å². The van der Waals surface area contributed by atoms with Crippen molar-refractivity contribution in [2.24, 2.45) is 0 Å². The molecule has 0 heterocycles. The normalized spacial score (nSPS) is 14.3. The van der Waals surface area contributed by atoms with Crippen LogP contribution in [0, 0.1) is 0 Å². The van der Waals surface area contributed by atoms with E-state index in [1.807, 2.05) is 6.92 Å². The molecule has 0 spiro atoms. The Hall–Kier alpha value is -0.418. The molecule has 6 nitrogen and oxygen atoms in total. The minimum absolute atomic E-state index is 0.0384. The lowest BCUT2D eigenvalue weighted by molar-refractivity contribution is 0.0971. The molecule has 1 N–H and O–H groups in total. The van der Waals surface area contributed by atoms with Gasteiger partial charge in [0.15, 0.2) is 0 Å². The fraction of sp³-hybridized carbons (Fsp3) is 0.944. The molecule has 0 fully saturated rings. The Balaban J connectivity index is 0. The van der Waals surface area contributed by atoms with Crippen LogP contribution in [0.2, 0.25) is 0 Å². The number of ether oxygens (including phenoxy) is 1. The van der Waals surface area contributed by atoms with Crippen LogP contribution in [-0.2, 0) is 18.0 Å². The second kappa shape index (κ2) is 16.2. The van der Waals surface area contributed by atoms with Crippen LogP contribution in [0.25, 0.3) is 0 Å². The number of rotatable bonds is 14. The van der Waals surface area contributed by atoms with E-state index in [1.165, 1.54) is 18.5 Å². The van der Waals surface area contributed by atoms with Crippen LogP contribution >= 0.6 is 7.26 Å². The van der Waals surface area contributed by atoms with E-state index >= 15 is 0 Å². The molecule has 0 aliphatic heterocycles. The van der Waals surface area contributed by atoms with E-state index in [1.54, 1.807) is 21.3 Å². The summed E-state index contributed by atoms with van der Waals surface area (Å²) in [7, 11) is -5.61. The standard InChI is InChI=1S/C18H40NO5PSi.BF4/c1-9-13-25(14-10-2,15-11-3)16(5)24-18(20)19-17(12-4)26(21-6,22-7)23-8;2-1(3,4)5/h16-17H,9-15H2,1-8H3;/q;-1/p+1. The molecule has 2 unspecified atom stereocenters. The molecule has 0 radical (unpaired) electrons. The van der Waals surface area contributed by atoms with Crippen molar-refractivity contribution in [2.75, 3.05) is 39.8 Å². The third-order valence-corrected chi connectivity index (χ3v) is 13.8. The SMILES string of the molecule is CCC[P+](CCC)(CCC)C(C)OC(=O)NC(CC)[Si](OC)(OC)OC.F[B-](F)(F)F. The maximum atomic E-state index is 12.6. The van der Waals surface area contributed by atoms with E-state index in [9.17, 15) is 22.1 Å². The zero-order valence-corrected chi connectivity index (χ0v) is 22.1. The largest absolute Gasteiger partial charge is 0.673 e. The van der Waals surface area contributed by atoms with Crippen LogP contribution in [0.4, 0.5) is 22.1 Å². The fourth-order valence-electron chi connectivity index (χ4n) is 3.78. The van der Waals surface area contributed by atoms with Crippen molar-refractivity contribution in [1.82, 2.24) is 5.32 Å². The number of carbonyl (C=O) groups is 1. The van der Waals surface area contributed by atoms with Crippen molar-refractivity contribution >= 4 is 29.4 Å². The van der Waals surface area contributed by atoms with Crippen molar-refractivity contribution in [3.05, 3.63) is 0 Å². The van der Waals surface area contributed by atoms with Gasteiger partial charge in [0.25, 0.3) is 0 Å². The number of halogens is 4. The lowest BCUT2D eigenvalue weighted by Crippen LogP contribution is -2.61. The molecule has 0 rings (SSSR count). The van der Waals surface area contributed by atoms with Gasteiger partial charge >= 0.3 is 22.2 Å². The van der Waals surface area contributed by atoms with Gasteiger partial charge in [-0.15, -0.1) is 0 Å². The minimum atomic E-state index is -6.00.